The molecule has 0 spiro atoms. The summed E-state index contributed by atoms with van der Waals surface area (Å²) >= 11 is 0. The molecule has 8 nitrogen and oxygen atoms in total. The van der Waals surface area contributed by atoms with Crippen molar-refractivity contribution in [3.05, 3.63) is 47.3 Å². The van der Waals surface area contributed by atoms with Crippen LogP contribution in [0, 0.1) is 12.7 Å². The van der Waals surface area contributed by atoms with Gasteiger partial charge in [-0.3, -0.25) is 4.90 Å². The molecule has 0 atom stereocenters. The normalized spacial score (nSPS) is 15.3. The van der Waals surface area contributed by atoms with E-state index in [-0.39, 0.29) is 35.2 Å². The van der Waals surface area contributed by atoms with E-state index in [0.717, 1.165) is 56.6 Å². The van der Waals surface area contributed by atoms with Crippen molar-refractivity contribution in [2.45, 2.75) is 32.7 Å². The number of guanidine groups is 1. The monoisotopic (exact) mass is 559 g/mol. The van der Waals surface area contributed by atoms with Crippen LogP contribution in [0.3, 0.4) is 0 Å². The van der Waals surface area contributed by atoms with Crippen LogP contribution in [-0.2, 0) is 23.7 Å². The lowest BCUT2D eigenvalue weighted by Gasteiger charge is -2.28. The smallest absolute Gasteiger partial charge is 0.191 e. The highest BCUT2D eigenvalue weighted by Crippen LogP contribution is 2.22. The van der Waals surface area contributed by atoms with Crippen molar-refractivity contribution < 1.29 is 9.13 Å². The molecule has 0 unspecified atom stereocenters. The molecule has 2 N–H and O–H groups in total. The minimum atomic E-state index is -0.268. The molecule has 32 heavy (non-hydrogen) atoms. The molecule has 1 aromatic heterocycles. The number of rotatable bonds is 8. The molecule has 1 saturated heterocycles. The molecule has 2 heterocycles. The van der Waals surface area contributed by atoms with Crippen LogP contribution in [-0.4, -0.2) is 71.6 Å². The quantitative estimate of drug-likeness (QED) is 0.294. The lowest BCUT2D eigenvalue weighted by atomic mass is 9.84. The van der Waals surface area contributed by atoms with Gasteiger partial charge in [0.1, 0.15) is 18.2 Å². The highest BCUT2D eigenvalue weighted by Gasteiger charge is 2.21. The average molecular weight is 559 g/mol. The zero-order valence-corrected chi connectivity index (χ0v) is 21.7. The summed E-state index contributed by atoms with van der Waals surface area (Å²) in [5.74, 6) is 2.14. The molecule has 178 valence electrons. The molecule has 0 bridgehead atoms. The van der Waals surface area contributed by atoms with Gasteiger partial charge in [0.15, 0.2) is 11.8 Å². The van der Waals surface area contributed by atoms with Crippen molar-refractivity contribution in [2.75, 3.05) is 45.9 Å². The molecule has 1 aromatic carbocycles. The van der Waals surface area contributed by atoms with Gasteiger partial charge in [-0.05, 0) is 24.6 Å². The number of nitrogens with zero attached hydrogens (tertiary/aromatic N) is 5. The second-order valence-electron chi connectivity index (χ2n) is 8.52. The third-order valence-corrected chi connectivity index (χ3v) is 5.69. The minimum absolute atomic E-state index is 0. The third-order valence-electron chi connectivity index (χ3n) is 5.69. The van der Waals surface area contributed by atoms with Crippen LogP contribution in [0.5, 0.6) is 0 Å². The van der Waals surface area contributed by atoms with Gasteiger partial charge in [0, 0.05) is 45.2 Å². The van der Waals surface area contributed by atoms with E-state index in [1.807, 2.05) is 24.6 Å². The number of ether oxygens (including phenoxy) is 1. The zero-order valence-electron chi connectivity index (χ0n) is 19.4. The van der Waals surface area contributed by atoms with Crippen LogP contribution < -0.4 is 10.6 Å². The maximum atomic E-state index is 13.7. The van der Waals surface area contributed by atoms with Crippen LogP contribution >= 0.6 is 24.0 Å². The summed E-state index contributed by atoms with van der Waals surface area (Å²) in [7, 11) is 1.94. The Kier molecular flexibility index (Phi) is 10.3. The average Bonchev–Trinajstić information content (AvgIpc) is 3.08. The lowest BCUT2D eigenvalue weighted by molar-refractivity contribution is 0.0389. The summed E-state index contributed by atoms with van der Waals surface area (Å²) < 4.78 is 21.1. The maximum Gasteiger partial charge on any atom is 0.191 e. The SMILES string of the molecule is Cc1nnc(CN=C(NCCN2CCOCC2)NCC(C)(C)c2cccc(F)c2)n1C.I. The molecule has 10 heteroatoms. The first-order valence-corrected chi connectivity index (χ1v) is 10.8. The first kappa shape index (κ1) is 26.5. The molecule has 1 aliphatic rings. The minimum Gasteiger partial charge on any atom is -0.379 e. The Labute approximate surface area is 207 Å². The van der Waals surface area contributed by atoms with Crippen molar-refractivity contribution in [3.63, 3.8) is 0 Å². The number of halogens is 2. The van der Waals surface area contributed by atoms with Crippen LogP contribution in [0.1, 0.15) is 31.1 Å². The first-order chi connectivity index (χ1) is 14.8. The molecule has 1 fully saturated rings. The lowest BCUT2D eigenvalue weighted by Crippen LogP contribution is -2.47. The van der Waals surface area contributed by atoms with Gasteiger partial charge in [0.2, 0.25) is 0 Å². The third kappa shape index (κ3) is 7.66. The summed E-state index contributed by atoms with van der Waals surface area (Å²) in [6.07, 6.45) is 0. The number of aryl methyl sites for hydroxylation is 1. The molecule has 2 aromatic rings. The van der Waals surface area contributed by atoms with E-state index in [9.17, 15) is 4.39 Å². The number of aromatic nitrogens is 3. The van der Waals surface area contributed by atoms with E-state index in [4.69, 9.17) is 9.73 Å². The van der Waals surface area contributed by atoms with Crippen molar-refractivity contribution in [1.29, 1.82) is 0 Å². The Morgan fingerprint density at radius 2 is 1.97 bits per heavy atom. The first-order valence-electron chi connectivity index (χ1n) is 10.8. The largest absolute Gasteiger partial charge is 0.379 e. The molecule has 1 aliphatic heterocycles. The Hall–Kier alpha value is -1.79. The van der Waals surface area contributed by atoms with Gasteiger partial charge < -0.3 is 19.9 Å². The molecule has 0 saturated carbocycles. The number of benzene rings is 1. The number of aliphatic imine (C=N–C) groups is 1. The van der Waals surface area contributed by atoms with Gasteiger partial charge in [-0.15, -0.1) is 34.2 Å². The Morgan fingerprint density at radius 1 is 1.22 bits per heavy atom. The number of morpholine rings is 1. The Morgan fingerprint density at radius 3 is 2.62 bits per heavy atom. The summed E-state index contributed by atoms with van der Waals surface area (Å²) in [6, 6.07) is 6.76. The van der Waals surface area contributed by atoms with Crippen molar-refractivity contribution in [3.8, 4) is 0 Å². The summed E-state index contributed by atoms with van der Waals surface area (Å²) in [5, 5.41) is 15.1. The zero-order chi connectivity index (χ0) is 22.3. The summed E-state index contributed by atoms with van der Waals surface area (Å²) in [4.78, 5) is 7.09. The summed E-state index contributed by atoms with van der Waals surface area (Å²) in [6.45, 7) is 12.3. The molecule has 0 aliphatic carbocycles. The van der Waals surface area contributed by atoms with Crippen LogP contribution in [0.4, 0.5) is 4.39 Å². The van der Waals surface area contributed by atoms with Crippen molar-refractivity contribution in [2.24, 2.45) is 12.0 Å². The van der Waals surface area contributed by atoms with Gasteiger partial charge >= 0.3 is 0 Å². The fourth-order valence-corrected chi connectivity index (χ4v) is 3.39. The molecule has 3 rings (SSSR count). The Balaban J connectivity index is 0.00000363. The van der Waals surface area contributed by atoms with Crippen LogP contribution in [0.25, 0.3) is 0 Å². The fourth-order valence-electron chi connectivity index (χ4n) is 3.39. The standard InChI is InChI=1S/C22H34FN7O.HI/c1-17-27-28-20(29(17)4)15-25-21(24-8-9-30-10-12-31-13-11-30)26-16-22(2,3)18-6-5-7-19(23)14-18;/h5-7,14H,8-13,15-16H2,1-4H3,(H2,24,25,26);1H. The van der Waals surface area contributed by atoms with E-state index in [2.05, 4.69) is 39.6 Å². The van der Waals surface area contributed by atoms with E-state index >= 15 is 0 Å². The fraction of sp³-hybridized carbons (Fsp3) is 0.591. The van der Waals surface area contributed by atoms with Crippen molar-refractivity contribution >= 4 is 29.9 Å². The second kappa shape index (κ2) is 12.4. The van der Waals surface area contributed by atoms with E-state index < -0.39 is 0 Å². The molecular formula is C22H35FIN7O. The molecule has 0 radical (unpaired) electrons. The molecule has 0 amide bonds. The topological polar surface area (TPSA) is 79.6 Å². The highest BCUT2D eigenvalue weighted by atomic mass is 127. The van der Waals surface area contributed by atoms with Gasteiger partial charge in [0.05, 0.1) is 13.2 Å². The summed E-state index contributed by atoms with van der Waals surface area (Å²) in [5.41, 5.74) is 0.674. The predicted octanol–water partition coefficient (Wildman–Crippen LogP) is 2.23. The highest BCUT2D eigenvalue weighted by molar-refractivity contribution is 14.0. The number of hydrogen-bond acceptors (Lipinski definition) is 5. The van der Waals surface area contributed by atoms with E-state index in [0.29, 0.717) is 19.0 Å². The maximum absolute atomic E-state index is 13.7. The van der Waals surface area contributed by atoms with Gasteiger partial charge in [-0.1, -0.05) is 26.0 Å². The number of hydrogen-bond donors (Lipinski definition) is 2. The molecular weight excluding hydrogens is 524 g/mol. The van der Waals surface area contributed by atoms with E-state index in [1.165, 1.54) is 6.07 Å². The Bertz CT molecular complexity index is 881. The van der Waals surface area contributed by atoms with Gasteiger partial charge in [-0.2, -0.15) is 0 Å². The van der Waals surface area contributed by atoms with Crippen LogP contribution in [0.2, 0.25) is 0 Å². The van der Waals surface area contributed by atoms with Gasteiger partial charge in [0.25, 0.3) is 0 Å². The van der Waals surface area contributed by atoms with Crippen molar-refractivity contribution in [1.82, 2.24) is 30.3 Å². The van der Waals surface area contributed by atoms with E-state index in [1.54, 1.807) is 12.1 Å². The predicted molar refractivity (Wildman–Crippen MR) is 135 cm³/mol. The van der Waals surface area contributed by atoms with Gasteiger partial charge in [-0.25, -0.2) is 9.38 Å². The number of nitrogens with one attached hydrogen (secondary N) is 2. The van der Waals surface area contributed by atoms with Crippen LogP contribution in [0.15, 0.2) is 29.3 Å². The second-order valence-corrected chi connectivity index (χ2v) is 8.52.